The molecule has 0 bridgehead atoms. The molecule has 0 spiro atoms. The zero-order valence-corrected chi connectivity index (χ0v) is 10.9. The molecule has 2 aromatic rings. The molecular weight excluding hydrogens is 276 g/mol. The minimum atomic E-state index is -3.80. The first-order chi connectivity index (χ1) is 8.38. The molecule has 1 aromatic heterocycles. The Morgan fingerprint density at radius 3 is 2.61 bits per heavy atom. The van der Waals surface area contributed by atoms with Crippen LogP contribution in [0.25, 0.3) is 0 Å². The van der Waals surface area contributed by atoms with Crippen molar-refractivity contribution >= 4 is 27.5 Å². The summed E-state index contributed by atoms with van der Waals surface area (Å²) in [6, 6.07) is 4.46. The smallest absolute Gasteiger partial charge is 0.240 e. The van der Waals surface area contributed by atoms with Crippen LogP contribution in [0.2, 0.25) is 0 Å². The van der Waals surface area contributed by atoms with Gasteiger partial charge in [-0.05, 0) is 40.4 Å². The summed E-state index contributed by atoms with van der Waals surface area (Å²) in [5.41, 5.74) is 5.74. The molecular formula is C8H10N6O2S2. The van der Waals surface area contributed by atoms with Crippen molar-refractivity contribution < 1.29 is 8.42 Å². The predicted octanol–water partition coefficient (Wildman–Crippen LogP) is -0.409. The number of hydrogen-bond donors (Lipinski definition) is 2. The molecule has 0 aliphatic heterocycles. The Bertz CT molecular complexity index is 681. The second-order valence-corrected chi connectivity index (χ2v) is 6.00. The first kappa shape index (κ1) is 12.8. The van der Waals surface area contributed by atoms with E-state index in [0.717, 1.165) is 4.90 Å². The Morgan fingerprint density at radius 1 is 1.39 bits per heavy atom. The van der Waals surface area contributed by atoms with Gasteiger partial charge in [0.1, 0.15) is 4.90 Å². The number of aromatic nitrogens is 4. The van der Waals surface area contributed by atoms with Crippen molar-refractivity contribution in [3.63, 3.8) is 0 Å². The lowest BCUT2D eigenvalue weighted by Crippen LogP contribution is -2.14. The number of hydrogen-bond acceptors (Lipinski definition) is 7. The van der Waals surface area contributed by atoms with Gasteiger partial charge < -0.3 is 5.73 Å². The van der Waals surface area contributed by atoms with Crippen LogP contribution < -0.4 is 10.9 Å². The molecule has 2 rings (SSSR count). The van der Waals surface area contributed by atoms with E-state index in [1.54, 1.807) is 13.1 Å². The molecule has 1 heterocycles. The monoisotopic (exact) mass is 286 g/mol. The maximum Gasteiger partial charge on any atom is 0.240 e. The first-order valence-electron chi connectivity index (χ1n) is 4.70. The van der Waals surface area contributed by atoms with E-state index in [1.165, 1.54) is 28.6 Å². The lowest BCUT2D eigenvalue weighted by Gasteiger charge is -2.05. The van der Waals surface area contributed by atoms with Crippen LogP contribution in [0.15, 0.2) is 33.1 Å². The molecule has 18 heavy (non-hydrogen) atoms. The lowest BCUT2D eigenvalue weighted by molar-refractivity contribution is 0.598. The van der Waals surface area contributed by atoms with E-state index in [4.69, 9.17) is 10.9 Å². The molecule has 1 aromatic carbocycles. The molecule has 8 nitrogen and oxygen atoms in total. The molecule has 0 aliphatic rings. The first-order valence-corrected chi connectivity index (χ1v) is 7.07. The SMILES string of the molecule is Cn1nnnc1Sc1ccc(S(N)(=O)=O)c(N)c1. The minimum Gasteiger partial charge on any atom is -0.398 e. The minimum absolute atomic E-state index is 0.0945. The molecule has 0 unspecified atom stereocenters. The predicted molar refractivity (Wildman–Crippen MR) is 65.1 cm³/mol. The van der Waals surface area contributed by atoms with E-state index in [2.05, 4.69) is 15.5 Å². The number of nitrogen functional groups attached to an aromatic ring is 1. The van der Waals surface area contributed by atoms with Crippen LogP contribution in [0.3, 0.4) is 0 Å². The summed E-state index contributed by atoms with van der Waals surface area (Å²) >= 11 is 1.27. The molecule has 0 atom stereocenters. The van der Waals surface area contributed by atoms with Crippen molar-refractivity contribution in [3.8, 4) is 0 Å². The fourth-order valence-electron chi connectivity index (χ4n) is 1.26. The van der Waals surface area contributed by atoms with Gasteiger partial charge in [0.05, 0.1) is 5.69 Å². The maximum absolute atomic E-state index is 11.2. The Morgan fingerprint density at radius 2 is 2.11 bits per heavy atom. The van der Waals surface area contributed by atoms with Gasteiger partial charge in [0.15, 0.2) is 0 Å². The molecule has 0 saturated carbocycles. The summed E-state index contributed by atoms with van der Waals surface area (Å²) in [6.45, 7) is 0. The second kappa shape index (κ2) is 4.55. The number of nitrogens with two attached hydrogens (primary N) is 2. The van der Waals surface area contributed by atoms with Crippen LogP contribution in [0.5, 0.6) is 0 Å². The van der Waals surface area contributed by atoms with Gasteiger partial charge in [-0.25, -0.2) is 18.2 Å². The molecule has 0 aliphatic carbocycles. The van der Waals surface area contributed by atoms with E-state index in [9.17, 15) is 8.42 Å². The second-order valence-electron chi connectivity index (χ2n) is 3.43. The number of sulfonamides is 1. The lowest BCUT2D eigenvalue weighted by atomic mass is 10.3. The topological polar surface area (TPSA) is 130 Å². The van der Waals surface area contributed by atoms with Crippen LogP contribution in [0, 0.1) is 0 Å². The third-order valence-corrected chi connectivity index (χ3v) is 4.08. The van der Waals surface area contributed by atoms with Crippen molar-refractivity contribution in [1.29, 1.82) is 0 Å². The molecule has 0 amide bonds. The Kier molecular flexibility index (Phi) is 3.24. The fourth-order valence-corrected chi connectivity index (χ4v) is 2.69. The molecule has 10 heteroatoms. The molecule has 4 N–H and O–H groups in total. The third-order valence-electron chi connectivity index (χ3n) is 2.08. The van der Waals surface area contributed by atoms with Gasteiger partial charge in [-0.3, -0.25) is 0 Å². The van der Waals surface area contributed by atoms with Crippen molar-refractivity contribution in [2.75, 3.05) is 5.73 Å². The van der Waals surface area contributed by atoms with Crippen LogP contribution >= 0.6 is 11.8 Å². The van der Waals surface area contributed by atoms with E-state index in [1.807, 2.05) is 0 Å². The summed E-state index contributed by atoms with van der Waals surface area (Å²) in [4.78, 5) is 0.626. The van der Waals surface area contributed by atoms with Crippen molar-refractivity contribution in [2.24, 2.45) is 12.2 Å². The molecule has 0 fully saturated rings. The highest BCUT2D eigenvalue weighted by Gasteiger charge is 2.13. The van der Waals surface area contributed by atoms with E-state index in [0.29, 0.717) is 5.16 Å². The molecule has 96 valence electrons. The van der Waals surface area contributed by atoms with Gasteiger partial charge >= 0.3 is 0 Å². The summed E-state index contributed by atoms with van der Waals surface area (Å²) in [5.74, 6) is 0. The van der Waals surface area contributed by atoms with Crippen molar-refractivity contribution in [2.45, 2.75) is 14.9 Å². The average Bonchev–Trinajstić information content (AvgIpc) is 2.62. The van der Waals surface area contributed by atoms with E-state index < -0.39 is 10.0 Å². The van der Waals surface area contributed by atoms with Crippen molar-refractivity contribution in [3.05, 3.63) is 18.2 Å². The molecule has 0 radical (unpaired) electrons. The standard InChI is InChI=1S/C8H10N6O2S2/c1-14-8(11-12-13-14)17-5-2-3-7(6(9)4-5)18(10,15)16/h2-4H,9H2,1H3,(H2,10,15,16). The normalized spacial score (nSPS) is 11.7. The highest BCUT2D eigenvalue weighted by Crippen LogP contribution is 2.29. The van der Waals surface area contributed by atoms with Gasteiger partial charge in [0.2, 0.25) is 15.2 Å². The summed E-state index contributed by atoms with van der Waals surface area (Å²) in [5, 5.41) is 16.5. The number of tetrazole rings is 1. The Balaban J connectivity index is 2.33. The number of nitrogens with zero attached hydrogens (tertiary/aromatic N) is 4. The Hall–Kier alpha value is -1.65. The fraction of sp³-hybridized carbons (Fsp3) is 0.125. The highest BCUT2D eigenvalue weighted by molar-refractivity contribution is 7.99. The van der Waals surface area contributed by atoms with Crippen LogP contribution in [-0.4, -0.2) is 28.6 Å². The number of aryl methyl sites for hydroxylation is 1. The van der Waals surface area contributed by atoms with Gasteiger partial charge in [-0.15, -0.1) is 5.10 Å². The van der Waals surface area contributed by atoms with E-state index in [-0.39, 0.29) is 10.6 Å². The third kappa shape index (κ3) is 2.60. The largest absolute Gasteiger partial charge is 0.398 e. The maximum atomic E-state index is 11.2. The van der Waals surface area contributed by atoms with Crippen LogP contribution in [-0.2, 0) is 17.1 Å². The van der Waals surface area contributed by atoms with Gasteiger partial charge in [0.25, 0.3) is 0 Å². The number of benzene rings is 1. The number of primary sulfonamides is 1. The van der Waals surface area contributed by atoms with Crippen LogP contribution in [0.1, 0.15) is 0 Å². The number of anilines is 1. The van der Waals surface area contributed by atoms with Gasteiger partial charge in [-0.2, -0.15) is 0 Å². The Labute approximate surface area is 107 Å². The zero-order chi connectivity index (χ0) is 13.3. The van der Waals surface area contributed by atoms with Gasteiger partial charge in [-0.1, -0.05) is 0 Å². The van der Waals surface area contributed by atoms with Gasteiger partial charge in [0, 0.05) is 11.9 Å². The quantitative estimate of drug-likeness (QED) is 0.733. The molecule has 0 saturated heterocycles. The van der Waals surface area contributed by atoms with Crippen molar-refractivity contribution in [1.82, 2.24) is 20.2 Å². The summed E-state index contributed by atoms with van der Waals surface area (Å²) in [7, 11) is -2.10. The average molecular weight is 286 g/mol. The van der Waals surface area contributed by atoms with E-state index >= 15 is 0 Å². The summed E-state index contributed by atoms with van der Waals surface area (Å²) < 4.78 is 23.9. The van der Waals surface area contributed by atoms with Crippen LogP contribution in [0.4, 0.5) is 5.69 Å². The number of rotatable bonds is 3. The zero-order valence-electron chi connectivity index (χ0n) is 9.31. The highest BCUT2D eigenvalue weighted by atomic mass is 32.2. The summed E-state index contributed by atoms with van der Waals surface area (Å²) in [6.07, 6.45) is 0.